The van der Waals surface area contributed by atoms with E-state index in [0.717, 1.165) is 16.0 Å². The number of benzene rings is 2. The van der Waals surface area contributed by atoms with Gasteiger partial charge in [-0.3, -0.25) is 9.59 Å². The highest BCUT2D eigenvalue weighted by atomic mass is 32.1. The summed E-state index contributed by atoms with van der Waals surface area (Å²) in [6, 6.07) is 20.6. The van der Waals surface area contributed by atoms with Crippen molar-refractivity contribution in [1.82, 2.24) is 10.6 Å². The minimum atomic E-state index is -0.327. The molecule has 142 valence electrons. The first-order valence-corrected chi connectivity index (χ1v) is 9.90. The molecule has 28 heavy (non-hydrogen) atoms. The molecule has 0 bridgehead atoms. The van der Waals surface area contributed by atoms with Gasteiger partial charge in [-0.05, 0) is 48.6 Å². The second-order valence-electron chi connectivity index (χ2n) is 6.45. The number of aryl methyl sites for hydroxylation is 1. The third kappa shape index (κ3) is 4.96. The van der Waals surface area contributed by atoms with Gasteiger partial charge in [-0.15, -0.1) is 11.3 Å². The van der Waals surface area contributed by atoms with E-state index >= 15 is 0 Å². The van der Waals surface area contributed by atoms with Crippen molar-refractivity contribution in [3.05, 3.63) is 99.4 Å². The molecule has 5 heteroatoms. The molecule has 0 aliphatic carbocycles. The molecule has 3 aromatic rings. The summed E-state index contributed by atoms with van der Waals surface area (Å²) in [5.41, 5.74) is 2.62. The standard InChI is InChI=1S/C23H22N2O2S/c1-16-9-6-7-13-20(16)22(26)25-21(15-19-12-8-14-28-19)23(27)24-17(2)18-10-4-3-5-11-18/h3-15,17H,1-2H3,(H,24,27)(H,25,26)/b21-15-/t17-/m1/s1. The lowest BCUT2D eigenvalue weighted by molar-refractivity contribution is -0.118. The normalized spacial score (nSPS) is 12.3. The Morgan fingerprint density at radius 1 is 0.964 bits per heavy atom. The molecule has 0 fully saturated rings. The first-order chi connectivity index (χ1) is 13.5. The SMILES string of the molecule is Cc1ccccc1C(=O)N/C(=C\c1cccs1)C(=O)N[C@H](C)c1ccccc1. The van der Waals surface area contributed by atoms with E-state index in [1.54, 1.807) is 12.1 Å². The smallest absolute Gasteiger partial charge is 0.268 e. The molecule has 0 spiro atoms. The zero-order valence-electron chi connectivity index (χ0n) is 15.8. The summed E-state index contributed by atoms with van der Waals surface area (Å²) in [7, 11) is 0. The Hall–Kier alpha value is -3.18. The molecule has 2 amide bonds. The number of carbonyl (C=O) groups is 2. The van der Waals surface area contributed by atoms with E-state index in [2.05, 4.69) is 10.6 Å². The predicted octanol–water partition coefficient (Wildman–Crippen LogP) is 4.70. The third-order valence-corrected chi connectivity index (χ3v) is 5.18. The highest BCUT2D eigenvalue weighted by Gasteiger charge is 2.18. The minimum Gasteiger partial charge on any atom is -0.344 e. The van der Waals surface area contributed by atoms with Crippen LogP contribution in [0.25, 0.3) is 6.08 Å². The van der Waals surface area contributed by atoms with Gasteiger partial charge in [0.2, 0.25) is 0 Å². The van der Waals surface area contributed by atoms with Gasteiger partial charge in [-0.1, -0.05) is 54.6 Å². The summed E-state index contributed by atoms with van der Waals surface area (Å²) >= 11 is 1.50. The van der Waals surface area contributed by atoms with Crippen molar-refractivity contribution in [3.63, 3.8) is 0 Å². The van der Waals surface area contributed by atoms with Crippen molar-refractivity contribution in [2.75, 3.05) is 0 Å². The summed E-state index contributed by atoms with van der Waals surface area (Å²) < 4.78 is 0. The number of carbonyl (C=O) groups excluding carboxylic acids is 2. The molecule has 3 rings (SSSR count). The Labute approximate surface area is 168 Å². The largest absolute Gasteiger partial charge is 0.344 e. The quantitative estimate of drug-likeness (QED) is 0.599. The first kappa shape index (κ1) is 19.6. The molecule has 2 aromatic carbocycles. The van der Waals surface area contributed by atoms with Crippen LogP contribution in [0.2, 0.25) is 0 Å². The van der Waals surface area contributed by atoms with Gasteiger partial charge < -0.3 is 10.6 Å². The minimum absolute atomic E-state index is 0.184. The predicted molar refractivity (Wildman–Crippen MR) is 114 cm³/mol. The van der Waals surface area contributed by atoms with Crippen molar-refractivity contribution in [2.24, 2.45) is 0 Å². The molecule has 1 aromatic heterocycles. The van der Waals surface area contributed by atoms with E-state index in [0.29, 0.717) is 5.56 Å². The fraction of sp³-hybridized carbons (Fsp3) is 0.130. The van der Waals surface area contributed by atoms with Crippen LogP contribution in [0.15, 0.2) is 77.8 Å². The van der Waals surface area contributed by atoms with Crippen molar-refractivity contribution < 1.29 is 9.59 Å². The van der Waals surface area contributed by atoms with Crippen LogP contribution in [0.1, 0.15) is 39.3 Å². The molecular formula is C23H22N2O2S. The summed E-state index contributed by atoms with van der Waals surface area (Å²) in [5.74, 6) is -0.630. The summed E-state index contributed by atoms with van der Waals surface area (Å²) in [6.45, 7) is 3.79. The van der Waals surface area contributed by atoms with Crippen molar-refractivity contribution in [1.29, 1.82) is 0 Å². The Morgan fingerprint density at radius 2 is 1.68 bits per heavy atom. The van der Waals surface area contributed by atoms with E-state index in [4.69, 9.17) is 0 Å². The van der Waals surface area contributed by atoms with Crippen LogP contribution in [-0.4, -0.2) is 11.8 Å². The monoisotopic (exact) mass is 390 g/mol. The summed E-state index contributed by atoms with van der Waals surface area (Å²) in [4.78, 5) is 26.5. The molecule has 1 atom stereocenters. The second kappa shape index (κ2) is 9.15. The number of rotatable bonds is 6. The van der Waals surface area contributed by atoms with E-state index in [1.165, 1.54) is 11.3 Å². The first-order valence-electron chi connectivity index (χ1n) is 9.02. The van der Waals surface area contributed by atoms with Crippen LogP contribution in [0.5, 0.6) is 0 Å². The van der Waals surface area contributed by atoms with Crippen molar-refractivity contribution in [2.45, 2.75) is 19.9 Å². The highest BCUT2D eigenvalue weighted by molar-refractivity contribution is 7.10. The molecule has 0 saturated heterocycles. The number of thiophene rings is 1. The number of hydrogen-bond donors (Lipinski definition) is 2. The maximum Gasteiger partial charge on any atom is 0.268 e. The van der Waals surface area contributed by atoms with Crippen LogP contribution in [-0.2, 0) is 4.79 Å². The molecule has 2 N–H and O–H groups in total. The van der Waals surface area contributed by atoms with E-state index in [-0.39, 0.29) is 23.6 Å². The topological polar surface area (TPSA) is 58.2 Å². The van der Waals surface area contributed by atoms with Gasteiger partial charge in [0.1, 0.15) is 5.70 Å². The summed E-state index contributed by atoms with van der Waals surface area (Å²) in [6.07, 6.45) is 1.70. The Morgan fingerprint density at radius 3 is 2.36 bits per heavy atom. The molecule has 0 radical (unpaired) electrons. The second-order valence-corrected chi connectivity index (χ2v) is 7.43. The Bertz CT molecular complexity index is 979. The van der Waals surface area contributed by atoms with Gasteiger partial charge in [0.15, 0.2) is 0 Å². The van der Waals surface area contributed by atoms with Gasteiger partial charge in [-0.2, -0.15) is 0 Å². The van der Waals surface area contributed by atoms with Gasteiger partial charge in [0.25, 0.3) is 11.8 Å². The molecule has 0 saturated carbocycles. The lowest BCUT2D eigenvalue weighted by Gasteiger charge is -2.17. The van der Waals surface area contributed by atoms with Crippen LogP contribution in [0, 0.1) is 6.92 Å². The van der Waals surface area contributed by atoms with Gasteiger partial charge in [0.05, 0.1) is 6.04 Å². The molecule has 0 aliphatic rings. The van der Waals surface area contributed by atoms with Crippen LogP contribution >= 0.6 is 11.3 Å². The maximum absolute atomic E-state index is 12.9. The van der Waals surface area contributed by atoms with Crippen LogP contribution in [0.4, 0.5) is 0 Å². The zero-order valence-corrected chi connectivity index (χ0v) is 16.6. The van der Waals surface area contributed by atoms with Crippen molar-refractivity contribution in [3.8, 4) is 0 Å². The fourth-order valence-electron chi connectivity index (χ4n) is 2.79. The molecular weight excluding hydrogens is 368 g/mol. The molecule has 1 heterocycles. The maximum atomic E-state index is 12.9. The zero-order chi connectivity index (χ0) is 19.9. The van der Waals surface area contributed by atoms with Crippen molar-refractivity contribution >= 4 is 29.2 Å². The van der Waals surface area contributed by atoms with Gasteiger partial charge >= 0.3 is 0 Å². The third-order valence-electron chi connectivity index (χ3n) is 4.36. The number of amides is 2. The van der Waals surface area contributed by atoms with Gasteiger partial charge in [-0.25, -0.2) is 0 Å². The average molecular weight is 391 g/mol. The van der Waals surface area contributed by atoms with Crippen LogP contribution < -0.4 is 10.6 Å². The Kier molecular flexibility index (Phi) is 6.40. The molecule has 4 nitrogen and oxygen atoms in total. The van der Waals surface area contributed by atoms with E-state index < -0.39 is 0 Å². The fourth-order valence-corrected chi connectivity index (χ4v) is 3.45. The lowest BCUT2D eigenvalue weighted by atomic mass is 10.1. The average Bonchev–Trinajstić information content (AvgIpc) is 3.21. The lowest BCUT2D eigenvalue weighted by Crippen LogP contribution is -2.36. The van der Waals surface area contributed by atoms with E-state index in [1.807, 2.05) is 79.9 Å². The summed E-state index contributed by atoms with van der Waals surface area (Å²) in [5, 5.41) is 7.68. The Balaban J connectivity index is 1.82. The highest BCUT2D eigenvalue weighted by Crippen LogP contribution is 2.16. The molecule has 0 unspecified atom stereocenters. The number of hydrogen-bond acceptors (Lipinski definition) is 3. The number of nitrogens with one attached hydrogen (secondary N) is 2. The van der Waals surface area contributed by atoms with Gasteiger partial charge in [0, 0.05) is 10.4 Å². The molecule has 0 aliphatic heterocycles. The van der Waals surface area contributed by atoms with Crippen LogP contribution in [0.3, 0.4) is 0 Å². The van der Waals surface area contributed by atoms with E-state index in [9.17, 15) is 9.59 Å².